The average molecular weight is 341 g/mol. The molecule has 5 heteroatoms. The Balaban J connectivity index is 2.39. The van der Waals surface area contributed by atoms with Gasteiger partial charge < -0.3 is 15.2 Å². The monoisotopic (exact) mass is 341 g/mol. The molecule has 5 nitrogen and oxygen atoms in total. The van der Waals surface area contributed by atoms with E-state index in [-0.39, 0.29) is 11.5 Å². The third kappa shape index (κ3) is 3.65. The molecule has 132 valence electrons. The van der Waals surface area contributed by atoms with E-state index in [2.05, 4.69) is 5.32 Å². The van der Waals surface area contributed by atoms with E-state index in [1.54, 1.807) is 20.1 Å². The fourth-order valence-electron chi connectivity index (χ4n) is 2.78. The van der Waals surface area contributed by atoms with Crippen molar-refractivity contribution in [2.75, 3.05) is 12.4 Å². The zero-order valence-corrected chi connectivity index (χ0v) is 15.1. The highest BCUT2D eigenvalue weighted by Crippen LogP contribution is 2.33. The lowest BCUT2D eigenvalue weighted by atomic mass is 9.83. The Hall–Kier alpha value is -2.82. The van der Waals surface area contributed by atoms with Crippen LogP contribution in [0, 0.1) is 13.8 Å². The standard InChI is InChI=1S/C20H23NO4/c1-12-10-13(2)16(11-14(12)18(22)23)21-19(24)20(3,4)15-8-6-7-9-17(15)25-5/h6-11H,1-5H3,(H,21,24)(H,22,23). The number of methoxy groups -OCH3 is 1. The molecule has 0 aliphatic heterocycles. The first kappa shape index (κ1) is 18.5. The molecule has 2 N–H and O–H groups in total. The Morgan fingerprint density at radius 1 is 1.08 bits per heavy atom. The molecule has 2 aromatic rings. The van der Waals surface area contributed by atoms with E-state index in [4.69, 9.17) is 4.74 Å². The molecule has 0 unspecified atom stereocenters. The second-order valence-electron chi connectivity index (χ2n) is 6.57. The van der Waals surface area contributed by atoms with Gasteiger partial charge in [-0.25, -0.2) is 4.79 Å². The number of hydrogen-bond donors (Lipinski definition) is 2. The zero-order chi connectivity index (χ0) is 18.8. The smallest absolute Gasteiger partial charge is 0.336 e. The molecule has 2 rings (SSSR count). The summed E-state index contributed by atoms with van der Waals surface area (Å²) in [5.74, 6) is -0.619. The van der Waals surface area contributed by atoms with Crippen LogP contribution in [0.5, 0.6) is 5.75 Å². The van der Waals surface area contributed by atoms with Gasteiger partial charge in [-0.3, -0.25) is 4.79 Å². The van der Waals surface area contributed by atoms with Gasteiger partial charge in [-0.15, -0.1) is 0 Å². The van der Waals surface area contributed by atoms with Crippen molar-refractivity contribution in [2.45, 2.75) is 33.1 Å². The van der Waals surface area contributed by atoms with Gasteiger partial charge in [0.2, 0.25) is 5.91 Å². The summed E-state index contributed by atoms with van der Waals surface area (Å²) in [6, 6.07) is 10.6. The van der Waals surface area contributed by atoms with Crippen LogP contribution in [0.15, 0.2) is 36.4 Å². The van der Waals surface area contributed by atoms with Gasteiger partial charge in [0.1, 0.15) is 5.75 Å². The lowest BCUT2D eigenvalue weighted by molar-refractivity contribution is -0.120. The molecule has 0 aromatic heterocycles. The fourth-order valence-corrected chi connectivity index (χ4v) is 2.78. The summed E-state index contributed by atoms with van der Waals surface area (Å²) in [5.41, 5.74) is 2.05. The average Bonchev–Trinajstić information content (AvgIpc) is 2.56. The van der Waals surface area contributed by atoms with Crippen LogP contribution in [0.1, 0.15) is 40.9 Å². The topological polar surface area (TPSA) is 75.6 Å². The molecule has 0 atom stereocenters. The lowest BCUT2D eigenvalue weighted by Gasteiger charge is -2.26. The number of anilines is 1. The van der Waals surface area contributed by atoms with Gasteiger partial charge in [0, 0.05) is 11.3 Å². The van der Waals surface area contributed by atoms with Gasteiger partial charge in [-0.2, -0.15) is 0 Å². The molecule has 0 bridgehead atoms. The molecule has 2 aromatic carbocycles. The van der Waals surface area contributed by atoms with Crippen LogP contribution < -0.4 is 10.1 Å². The minimum absolute atomic E-state index is 0.177. The number of carbonyl (C=O) groups is 2. The van der Waals surface area contributed by atoms with Gasteiger partial charge in [0.15, 0.2) is 0 Å². The minimum atomic E-state index is -1.02. The summed E-state index contributed by atoms with van der Waals surface area (Å²) in [4.78, 5) is 24.3. The molecule has 1 amide bonds. The zero-order valence-electron chi connectivity index (χ0n) is 15.1. The van der Waals surface area contributed by atoms with Crippen LogP contribution in [-0.4, -0.2) is 24.1 Å². The summed E-state index contributed by atoms with van der Waals surface area (Å²) in [5, 5.41) is 12.2. The number of aryl methyl sites for hydroxylation is 2. The van der Waals surface area contributed by atoms with Crippen LogP contribution in [0.25, 0.3) is 0 Å². The first-order valence-corrected chi connectivity index (χ1v) is 7.98. The molecule has 0 saturated heterocycles. The number of nitrogens with one attached hydrogen (secondary N) is 1. The van der Waals surface area contributed by atoms with E-state index in [0.717, 1.165) is 11.1 Å². The first-order chi connectivity index (χ1) is 11.7. The maximum absolute atomic E-state index is 12.9. The van der Waals surface area contributed by atoms with Crippen molar-refractivity contribution in [3.8, 4) is 5.75 Å². The summed E-state index contributed by atoms with van der Waals surface area (Å²) >= 11 is 0. The van der Waals surface area contributed by atoms with E-state index in [1.807, 2.05) is 45.0 Å². The van der Waals surface area contributed by atoms with Crippen molar-refractivity contribution in [3.63, 3.8) is 0 Å². The van der Waals surface area contributed by atoms with Gasteiger partial charge in [-0.05, 0) is 51.0 Å². The maximum Gasteiger partial charge on any atom is 0.336 e. The number of amides is 1. The van der Waals surface area contributed by atoms with E-state index in [1.165, 1.54) is 6.07 Å². The molecule has 0 aliphatic carbocycles. The normalized spacial score (nSPS) is 11.1. The van der Waals surface area contributed by atoms with Crippen molar-refractivity contribution in [2.24, 2.45) is 0 Å². The molecule has 0 radical (unpaired) electrons. The van der Waals surface area contributed by atoms with Crippen LogP contribution in [0.3, 0.4) is 0 Å². The molecule has 0 spiro atoms. The molecule has 25 heavy (non-hydrogen) atoms. The predicted octanol–water partition coefficient (Wildman–Crippen LogP) is 3.93. The number of carboxylic acids is 1. The number of ether oxygens (including phenoxy) is 1. The highest BCUT2D eigenvalue weighted by Gasteiger charge is 2.33. The highest BCUT2D eigenvalue weighted by atomic mass is 16.5. The van der Waals surface area contributed by atoms with Gasteiger partial charge in [0.25, 0.3) is 0 Å². The van der Waals surface area contributed by atoms with Crippen molar-refractivity contribution in [3.05, 3.63) is 58.7 Å². The van der Waals surface area contributed by atoms with Crippen molar-refractivity contribution >= 4 is 17.6 Å². The summed E-state index contributed by atoms with van der Waals surface area (Å²) in [6.07, 6.45) is 0. The van der Waals surface area contributed by atoms with Gasteiger partial charge in [-0.1, -0.05) is 24.3 Å². The first-order valence-electron chi connectivity index (χ1n) is 7.98. The largest absolute Gasteiger partial charge is 0.496 e. The number of aromatic carboxylic acids is 1. The maximum atomic E-state index is 12.9. The number of carboxylic acid groups (broad SMARTS) is 1. The predicted molar refractivity (Wildman–Crippen MR) is 97.5 cm³/mol. The number of benzene rings is 2. The molecule has 0 aliphatic rings. The minimum Gasteiger partial charge on any atom is -0.496 e. The Labute approximate surface area is 147 Å². The Kier molecular flexibility index (Phi) is 5.16. The van der Waals surface area contributed by atoms with Crippen LogP contribution >= 0.6 is 0 Å². The summed E-state index contributed by atoms with van der Waals surface area (Å²) in [6.45, 7) is 7.19. The second-order valence-corrected chi connectivity index (χ2v) is 6.57. The molecule has 0 fully saturated rings. The Bertz CT molecular complexity index is 824. The van der Waals surface area contributed by atoms with Gasteiger partial charge >= 0.3 is 5.97 Å². The summed E-state index contributed by atoms with van der Waals surface area (Å²) < 4.78 is 5.36. The molecular weight excluding hydrogens is 318 g/mol. The number of rotatable bonds is 5. The quantitative estimate of drug-likeness (QED) is 0.864. The summed E-state index contributed by atoms with van der Waals surface area (Å²) in [7, 11) is 1.57. The SMILES string of the molecule is COc1ccccc1C(C)(C)C(=O)Nc1cc(C(=O)O)c(C)cc1C. The molecule has 0 saturated carbocycles. The van der Waals surface area contributed by atoms with Crippen molar-refractivity contribution in [1.82, 2.24) is 0 Å². The number of carbonyl (C=O) groups excluding carboxylic acids is 1. The fraction of sp³-hybridized carbons (Fsp3) is 0.300. The Morgan fingerprint density at radius 2 is 1.72 bits per heavy atom. The molecule has 0 heterocycles. The van der Waals surface area contributed by atoms with Gasteiger partial charge in [0.05, 0.1) is 18.1 Å². The van der Waals surface area contributed by atoms with E-state index < -0.39 is 11.4 Å². The van der Waals surface area contributed by atoms with Crippen LogP contribution in [0.4, 0.5) is 5.69 Å². The van der Waals surface area contributed by atoms with E-state index in [0.29, 0.717) is 17.0 Å². The third-order valence-electron chi connectivity index (χ3n) is 4.40. The highest BCUT2D eigenvalue weighted by molar-refractivity contribution is 6.01. The van der Waals surface area contributed by atoms with Crippen LogP contribution in [-0.2, 0) is 10.2 Å². The van der Waals surface area contributed by atoms with Crippen LogP contribution in [0.2, 0.25) is 0 Å². The third-order valence-corrected chi connectivity index (χ3v) is 4.40. The van der Waals surface area contributed by atoms with Crippen molar-refractivity contribution < 1.29 is 19.4 Å². The Morgan fingerprint density at radius 3 is 2.32 bits per heavy atom. The molecular formula is C20H23NO4. The second kappa shape index (κ2) is 6.97. The number of hydrogen-bond acceptors (Lipinski definition) is 3. The van der Waals surface area contributed by atoms with Crippen molar-refractivity contribution in [1.29, 1.82) is 0 Å². The number of para-hydroxylation sites is 1. The lowest BCUT2D eigenvalue weighted by Crippen LogP contribution is -2.35. The van der Waals surface area contributed by atoms with E-state index in [9.17, 15) is 14.7 Å². The van der Waals surface area contributed by atoms with E-state index >= 15 is 0 Å².